The monoisotopic (exact) mass is 205 g/mol. The van der Waals surface area contributed by atoms with Crippen molar-refractivity contribution in [2.24, 2.45) is 0 Å². The first-order chi connectivity index (χ1) is 6.79. The van der Waals surface area contributed by atoms with Crippen LogP contribution in [0.2, 0.25) is 0 Å². The number of aromatic nitrogens is 2. The van der Waals surface area contributed by atoms with Gasteiger partial charge in [-0.25, -0.2) is 4.98 Å². The van der Waals surface area contributed by atoms with E-state index in [9.17, 15) is 4.79 Å². The molecule has 0 amide bonds. The van der Waals surface area contributed by atoms with E-state index in [4.69, 9.17) is 5.73 Å². The quantitative estimate of drug-likeness (QED) is 0.751. The summed E-state index contributed by atoms with van der Waals surface area (Å²) in [5.41, 5.74) is 8.50. The minimum Gasteiger partial charge on any atom is -0.398 e. The molecule has 14 heavy (non-hydrogen) atoms. The van der Waals surface area contributed by atoms with Crippen LogP contribution in [-0.2, 0) is 0 Å². The maximum atomic E-state index is 11.8. The molecule has 0 aliphatic carbocycles. The highest BCUT2D eigenvalue weighted by Gasteiger charge is 2.13. The summed E-state index contributed by atoms with van der Waals surface area (Å²) in [6.07, 6.45) is 3.00. The van der Waals surface area contributed by atoms with Crippen molar-refractivity contribution in [3.05, 3.63) is 40.6 Å². The Morgan fingerprint density at radius 2 is 2.36 bits per heavy atom. The van der Waals surface area contributed by atoms with E-state index >= 15 is 0 Å². The van der Waals surface area contributed by atoms with Gasteiger partial charge in [0.2, 0.25) is 5.78 Å². The van der Waals surface area contributed by atoms with Crippen LogP contribution in [0.1, 0.15) is 16.1 Å². The molecule has 0 atom stereocenters. The fourth-order valence-corrected chi connectivity index (χ4v) is 1.59. The van der Waals surface area contributed by atoms with E-state index in [0.717, 1.165) is 0 Å². The topological polar surface area (TPSA) is 68.9 Å². The normalized spacial score (nSPS) is 10.0. The van der Waals surface area contributed by atoms with Gasteiger partial charge in [0.15, 0.2) is 0 Å². The van der Waals surface area contributed by atoms with Gasteiger partial charge in [-0.3, -0.25) is 9.78 Å². The van der Waals surface area contributed by atoms with Gasteiger partial charge in [0.1, 0.15) is 5.69 Å². The van der Waals surface area contributed by atoms with Crippen molar-refractivity contribution in [2.45, 2.75) is 0 Å². The first kappa shape index (κ1) is 8.83. The molecule has 0 fully saturated rings. The number of anilines is 1. The van der Waals surface area contributed by atoms with Crippen LogP contribution in [-0.4, -0.2) is 15.8 Å². The molecule has 0 aliphatic heterocycles. The second kappa shape index (κ2) is 3.55. The van der Waals surface area contributed by atoms with E-state index in [2.05, 4.69) is 9.97 Å². The molecule has 0 aliphatic rings. The zero-order chi connectivity index (χ0) is 9.97. The third-order valence-corrected chi connectivity index (χ3v) is 2.35. The van der Waals surface area contributed by atoms with E-state index in [1.165, 1.54) is 17.5 Å². The number of thiazole rings is 1. The lowest BCUT2D eigenvalue weighted by Crippen LogP contribution is -2.05. The van der Waals surface area contributed by atoms with Crippen LogP contribution in [0.15, 0.2) is 29.4 Å². The van der Waals surface area contributed by atoms with Crippen LogP contribution in [0.3, 0.4) is 0 Å². The third kappa shape index (κ3) is 1.49. The van der Waals surface area contributed by atoms with Crippen LogP contribution in [0.4, 0.5) is 5.69 Å². The Hall–Kier alpha value is -1.75. The average molecular weight is 205 g/mol. The molecular formula is C9H7N3OS. The van der Waals surface area contributed by atoms with Gasteiger partial charge in [-0.2, -0.15) is 0 Å². The molecular weight excluding hydrogens is 198 g/mol. The maximum Gasteiger partial charge on any atom is 0.215 e. The van der Waals surface area contributed by atoms with Crippen LogP contribution in [0.5, 0.6) is 0 Å². The van der Waals surface area contributed by atoms with Crippen LogP contribution in [0.25, 0.3) is 0 Å². The highest BCUT2D eigenvalue weighted by Crippen LogP contribution is 2.14. The Morgan fingerprint density at radius 3 is 3.00 bits per heavy atom. The second-order valence-corrected chi connectivity index (χ2v) is 3.38. The Labute approximate surface area is 84.4 Å². The number of nitrogens with zero attached hydrogens (tertiary/aromatic N) is 2. The van der Waals surface area contributed by atoms with Crippen molar-refractivity contribution in [3.8, 4) is 0 Å². The van der Waals surface area contributed by atoms with E-state index in [1.807, 2.05) is 0 Å². The van der Waals surface area contributed by atoms with Crippen LogP contribution < -0.4 is 5.73 Å². The number of rotatable bonds is 2. The molecule has 2 heterocycles. The van der Waals surface area contributed by atoms with Crippen LogP contribution >= 0.6 is 11.3 Å². The molecule has 0 saturated heterocycles. The predicted octanol–water partition coefficient (Wildman–Crippen LogP) is 1.35. The fraction of sp³-hybridized carbons (Fsp3) is 0. The van der Waals surface area contributed by atoms with E-state index < -0.39 is 0 Å². The van der Waals surface area contributed by atoms with Crippen molar-refractivity contribution in [3.63, 3.8) is 0 Å². The Kier molecular flexibility index (Phi) is 2.24. The Morgan fingerprint density at radius 1 is 1.50 bits per heavy atom. The predicted molar refractivity (Wildman–Crippen MR) is 54.2 cm³/mol. The number of carbonyl (C=O) groups is 1. The fourth-order valence-electron chi connectivity index (χ4n) is 1.06. The zero-order valence-electron chi connectivity index (χ0n) is 7.18. The van der Waals surface area contributed by atoms with E-state index in [0.29, 0.717) is 16.9 Å². The van der Waals surface area contributed by atoms with E-state index in [1.54, 1.807) is 23.2 Å². The van der Waals surface area contributed by atoms with Crippen molar-refractivity contribution in [1.29, 1.82) is 0 Å². The summed E-state index contributed by atoms with van der Waals surface area (Å²) in [6, 6.07) is 1.60. The molecule has 0 bridgehead atoms. The van der Waals surface area contributed by atoms with Crippen molar-refractivity contribution in [1.82, 2.24) is 9.97 Å². The smallest absolute Gasteiger partial charge is 0.215 e. The number of nitrogens with two attached hydrogens (primary N) is 1. The number of ketones is 1. The summed E-state index contributed by atoms with van der Waals surface area (Å²) in [6.45, 7) is 0. The number of nitrogen functional groups attached to an aromatic ring is 1. The summed E-state index contributed by atoms with van der Waals surface area (Å²) in [4.78, 5) is 19.5. The van der Waals surface area contributed by atoms with Crippen molar-refractivity contribution < 1.29 is 4.79 Å². The summed E-state index contributed by atoms with van der Waals surface area (Å²) < 4.78 is 0. The number of hydrogen-bond acceptors (Lipinski definition) is 5. The minimum atomic E-state index is -0.183. The summed E-state index contributed by atoms with van der Waals surface area (Å²) in [5, 5.41) is 1.69. The van der Waals surface area contributed by atoms with E-state index in [-0.39, 0.29) is 5.78 Å². The third-order valence-electron chi connectivity index (χ3n) is 1.76. The molecule has 0 saturated carbocycles. The molecule has 0 aromatic carbocycles. The van der Waals surface area contributed by atoms with Gasteiger partial charge >= 0.3 is 0 Å². The largest absolute Gasteiger partial charge is 0.398 e. The summed E-state index contributed by atoms with van der Waals surface area (Å²) in [5.74, 6) is -0.183. The van der Waals surface area contributed by atoms with Gasteiger partial charge in [-0.05, 0) is 6.07 Å². The highest BCUT2D eigenvalue weighted by atomic mass is 32.1. The lowest BCUT2D eigenvalue weighted by Gasteiger charge is -2.00. The minimum absolute atomic E-state index is 0.183. The first-order valence-electron chi connectivity index (χ1n) is 3.91. The van der Waals surface area contributed by atoms with Gasteiger partial charge < -0.3 is 5.73 Å². The number of hydrogen-bond donors (Lipinski definition) is 1. The number of pyridine rings is 1. The standard InChI is InChI=1S/C9H7N3OS/c10-7-1-2-11-3-6(7)9(13)8-4-14-5-12-8/h1-5H,(H2,10,11). The van der Waals surface area contributed by atoms with Crippen LogP contribution in [0, 0.1) is 0 Å². The molecule has 70 valence electrons. The van der Waals surface area contributed by atoms with Gasteiger partial charge in [0, 0.05) is 23.5 Å². The Balaban J connectivity index is 2.42. The highest BCUT2D eigenvalue weighted by molar-refractivity contribution is 7.07. The molecule has 2 aromatic heterocycles. The summed E-state index contributed by atoms with van der Waals surface area (Å²) >= 11 is 1.38. The molecule has 2 N–H and O–H groups in total. The first-order valence-corrected chi connectivity index (χ1v) is 4.85. The maximum absolute atomic E-state index is 11.8. The van der Waals surface area contributed by atoms with Gasteiger partial charge in [0.05, 0.1) is 11.1 Å². The van der Waals surface area contributed by atoms with Crippen molar-refractivity contribution >= 4 is 22.8 Å². The molecule has 0 spiro atoms. The lowest BCUT2D eigenvalue weighted by molar-refractivity contribution is 0.103. The number of carbonyl (C=O) groups excluding carboxylic acids is 1. The van der Waals surface area contributed by atoms with Gasteiger partial charge in [0.25, 0.3) is 0 Å². The molecule has 2 rings (SSSR count). The van der Waals surface area contributed by atoms with Gasteiger partial charge in [-0.1, -0.05) is 0 Å². The molecule has 0 unspecified atom stereocenters. The SMILES string of the molecule is Nc1ccncc1C(=O)c1cscn1. The molecule has 2 aromatic rings. The Bertz CT molecular complexity index is 453. The summed E-state index contributed by atoms with van der Waals surface area (Å²) in [7, 11) is 0. The molecule has 4 nitrogen and oxygen atoms in total. The molecule has 5 heteroatoms. The molecule has 0 radical (unpaired) electrons. The van der Waals surface area contributed by atoms with Crippen molar-refractivity contribution in [2.75, 3.05) is 5.73 Å². The zero-order valence-corrected chi connectivity index (χ0v) is 7.99. The van der Waals surface area contributed by atoms with Gasteiger partial charge in [-0.15, -0.1) is 11.3 Å². The average Bonchev–Trinajstić information content (AvgIpc) is 2.70. The second-order valence-electron chi connectivity index (χ2n) is 2.67. The lowest BCUT2D eigenvalue weighted by atomic mass is 10.1.